The Morgan fingerprint density at radius 2 is 0.847 bits per heavy atom. The van der Waals surface area contributed by atoms with Crippen LogP contribution in [0.2, 0.25) is 0 Å². The van der Waals surface area contributed by atoms with Gasteiger partial charge in [-0.2, -0.15) is 0 Å². The molecule has 498 valence electrons. The van der Waals surface area contributed by atoms with Crippen LogP contribution in [0.5, 0.6) is 0 Å². The largest absolute Gasteiger partial charge is 0.394 e. The molecular formula is C60H110N2O23. The van der Waals surface area contributed by atoms with Gasteiger partial charge in [-0.3, -0.25) is 9.59 Å². The summed E-state index contributed by atoms with van der Waals surface area (Å²) in [5.41, 5.74) is 0. The van der Waals surface area contributed by atoms with E-state index in [0.717, 1.165) is 51.9 Å². The van der Waals surface area contributed by atoms with Gasteiger partial charge in [-0.05, 0) is 19.3 Å². The summed E-state index contributed by atoms with van der Waals surface area (Å²) in [6, 6.07) is -2.62. The second-order valence-electron chi connectivity index (χ2n) is 23.6. The average Bonchev–Trinajstić information content (AvgIpc) is 2.09. The van der Waals surface area contributed by atoms with Gasteiger partial charge in [0.2, 0.25) is 11.8 Å². The van der Waals surface area contributed by atoms with Crippen molar-refractivity contribution in [2.24, 2.45) is 0 Å². The van der Waals surface area contributed by atoms with Crippen molar-refractivity contribution in [3.05, 3.63) is 12.2 Å². The van der Waals surface area contributed by atoms with Crippen molar-refractivity contribution < 1.29 is 114 Å². The summed E-state index contributed by atoms with van der Waals surface area (Å²) in [6.45, 7) is 1.58. The molecule has 0 saturated carbocycles. The lowest BCUT2D eigenvalue weighted by Crippen LogP contribution is -2.70. The number of carbonyl (C=O) groups excluding carboxylic acids is 2. The van der Waals surface area contributed by atoms with Crippen LogP contribution in [0.3, 0.4) is 0 Å². The van der Waals surface area contributed by atoms with E-state index < -0.39 is 174 Å². The zero-order chi connectivity index (χ0) is 62.3. The number of aliphatic hydroxyl groups is 13. The van der Waals surface area contributed by atoms with E-state index in [4.69, 9.17) is 37.9 Å². The van der Waals surface area contributed by atoms with E-state index in [1.807, 2.05) is 6.08 Å². The Bertz CT molecular complexity index is 1790. The molecule has 22 atom stereocenters. The minimum absolute atomic E-state index is 0.217. The number of unbranched alkanes of at least 4 members (excludes halogenated alkanes) is 23. The molecule has 25 heteroatoms. The third-order valence-electron chi connectivity index (χ3n) is 16.6. The van der Waals surface area contributed by atoms with Gasteiger partial charge in [-0.1, -0.05) is 167 Å². The molecular weight excluding hydrogens is 1120 g/mol. The molecule has 0 aromatic heterocycles. The van der Waals surface area contributed by atoms with Gasteiger partial charge < -0.3 is 115 Å². The van der Waals surface area contributed by atoms with Crippen molar-refractivity contribution in [3.8, 4) is 0 Å². The van der Waals surface area contributed by atoms with E-state index >= 15 is 0 Å². The van der Waals surface area contributed by atoms with Crippen molar-refractivity contribution >= 4 is 11.8 Å². The summed E-state index contributed by atoms with van der Waals surface area (Å²) in [5, 5.41) is 146. The molecule has 1 unspecified atom stereocenters. The number of nitrogens with one attached hydrogen (secondary N) is 2. The molecule has 0 aromatic rings. The third kappa shape index (κ3) is 24.9. The molecule has 4 fully saturated rings. The van der Waals surface area contributed by atoms with Crippen molar-refractivity contribution in [1.29, 1.82) is 0 Å². The maximum atomic E-state index is 13.4. The van der Waals surface area contributed by atoms with Gasteiger partial charge in [-0.15, -0.1) is 0 Å². The van der Waals surface area contributed by atoms with Crippen molar-refractivity contribution in [2.45, 2.75) is 323 Å². The van der Waals surface area contributed by atoms with Crippen LogP contribution in [-0.4, -0.2) is 246 Å². The summed E-state index contributed by atoms with van der Waals surface area (Å²) < 4.78 is 46.7. The van der Waals surface area contributed by atoms with E-state index in [-0.39, 0.29) is 12.3 Å². The van der Waals surface area contributed by atoms with Crippen LogP contribution < -0.4 is 10.6 Å². The van der Waals surface area contributed by atoms with E-state index in [0.29, 0.717) is 12.8 Å². The SMILES string of the molecule is CCCCCCCCCCCCCC=C[C@@H](O)[C@H](CO[C@@H]1O[C@H](CO)[C@@H](O[C@@H]2O[C@H](CO)[C@H](O[C@@H]3O[C@H](CO)[C@H](O)[C@H](O[C@@H]4O[C@H](CO)[C@H](O)[C@H](O)[C@H]4O)[C@H]3NC(C)=O)[C@H](O)[C@H]2O)[C@H](O)C1O)NC(=O)CCCCCCCCCCCCCCC. The lowest BCUT2D eigenvalue weighted by atomic mass is 9.94. The maximum Gasteiger partial charge on any atom is 0.220 e. The molecule has 0 spiro atoms. The number of hydrogen-bond donors (Lipinski definition) is 15. The number of allylic oxidation sites excluding steroid dienone is 1. The van der Waals surface area contributed by atoms with Gasteiger partial charge >= 0.3 is 0 Å². The molecule has 4 saturated heterocycles. The maximum absolute atomic E-state index is 13.4. The van der Waals surface area contributed by atoms with Crippen molar-refractivity contribution in [3.63, 3.8) is 0 Å². The molecule has 0 bridgehead atoms. The lowest BCUT2D eigenvalue weighted by molar-refractivity contribution is -0.380. The fourth-order valence-electron chi connectivity index (χ4n) is 11.4. The molecule has 0 aromatic carbocycles. The first-order valence-electron chi connectivity index (χ1n) is 31.9. The van der Waals surface area contributed by atoms with Gasteiger partial charge in [0, 0.05) is 13.3 Å². The Hall–Kier alpha value is -2.16. The Labute approximate surface area is 502 Å². The van der Waals surface area contributed by atoms with Gasteiger partial charge in [-0.25, -0.2) is 0 Å². The molecule has 85 heavy (non-hydrogen) atoms. The molecule has 4 aliphatic heterocycles. The molecule has 25 nitrogen and oxygen atoms in total. The normalized spacial score (nSPS) is 34.4. The number of amides is 2. The smallest absolute Gasteiger partial charge is 0.220 e. The summed E-state index contributed by atoms with van der Waals surface area (Å²) in [7, 11) is 0. The first kappa shape index (κ1) is 75.3. The average molecular weight is 1230 g/mol. The van der Waals surface area contributed by atoms with Crippen LogP contribution in [-0.2, 0) is 47.5 Å². The first-order chi connectivity index (χ1) is 41.0. The molecule has 2 amide bonds. The topological polar surface area (TPSA) is 395 Å². The second-order valence-corrected chi connectivity index (χ2v) is 23.6. The van der Waals surface area contributed by atoms with Crippen LogP contribution in [0.4, 0.5) is 0 Å². The molecule has 4 heterocycles. The van der Waals surface area contributed by atoms with E-state index in [1.54, 1.807) is 6.08 Å². The van der Waals surface area contributed by atoms with Gasteiger partial charge in [0.25, 0.3) is 0 Å². The Balaban J connectivity index is 1.37. The summed E-state index contributed by atoms with van der Waals surface area (Å²) >= 11 is 0. The van der Waals surface area contributed by atoms with Crippen LogP contribution in [0.1, 0.15) is 188 Å². The third-order valence-corrected chi connectivity index (χ3v) is 16.6. The molecule has 0 radical (unpaired) electrons. The zero-order valence-corrected chi connectivity index (χ0v) is 50.7. The van der Waals surface area contributed by atoms with E-state index in [9.17, 15) is 76.0 Å². The number of ether oxygens (including phenoxy) is 8. The van der Waals surface area contributed by atoms with Crippen LogP contribution in [0.25, 0.3) is 0 Å². The van der Waals surface area contributed by atoms with Crippen molar-refractivity contribution in [1.82, 2.24) is 10.6 Å². The second kappa shape index (κ2) is 42.0. The van der Waals surface area contributed by atoms with Crippen LogP contribution >= 0.6 is 0 Å². The molecule has 4 aliphatic rings. The molecule has 15 N–H and O–H groups in total. The predicted octanol–water partition coefficient (Wildman–Crippen LogP) is 1.00. The van der Waals surface area contributed by atoms with Gasteiger partial charge in [0.05, 0.1) is 45.2 Å². The highest BCUT2D eigenvalue weighted by atomic mass is 16.8. The Morgan fingerprint density at radius 3 is 1.33 bits per heavy atom. The van der Waals surface area contributed by atoms with E-state index in [1.165, 1.54) is 103 Å². The Kier molecular flexibility index (Phi) is 37.2. The van der Waals surface area contributed by atoms with E-state index in [2.05, 4.69) is 24.5 Å². The summed E-state index contributed by atoms with van der Waals surface area (Å²) in [6.07, 6.45) is -2.71. The highest BCUT2D eigenvalue weighted by Crippen LogP contribution is 2.35. The number of rotatable bonds is 43. The fourth-order valence-corrected chi connectivity index (χ4v) is 11.4. The summed E-state index contributed by atoms with van der Waals surface area (Å²) in [5.74, 6) is -1.06. The lowest BCUT2D eigenvalue weighted by Gasteiger charge is -2.50. The number of carbonyl (C=O) groups is 2. The fraction of sp³-hybridized carbons (Fsp3) is 0.933. The Morgan fingerprint density at radius 1 is 0.459 bits per heavy atom. The zero-order valence-electron chi connectivity index (χ0n) is 50.7. The molecule has 4 rings (SSSR count). The monoisotopic (exact) mass is 1230 g/mol. The quantitative estimate of drug-likeness (QED) is 0.0299. The minimum atomic E-state index is -2.10. The van der Waals surface area contributed by atoms with Gasteiger partial charge in [0.1, 0.15) is 97.6 Å². The first-order valence-corrected chi connectivity index (χ1v) is 31.9. The highest BCUT2D eigenvalue weighted by molar-refractivity contribution is 5.76. The molecule has 0 aliphatic carbocycles. The minimum Gasteiger partial charge on any atom is -0.394 e. The standard InChI is InChI=1S/C60H110N2O23/c1-4-6-8-10-12-14-16-18-20-22-24-26-28-30-39(68)38(62-44(69)31-29-27-25-23-21-19-17-15-13-11-9-7-5-2)36-78-58-52(76)49(73)55(42(34-65)81-58)84-60-53(77)50(74)54(43(35-66)82-60)83-57-45(61-37(3)67)56(47(71)41(33-64)79-57)85-59-51(75)48(72)46(70)40(32-63)80-59/h28,30,38-43,45-60,63-66,68,70-77H,4-27,29,31-36H2,1-3H3,(H,61,67)(H,62,69)/t38-,39+,40+,41+,42+,43+,45+,46-,47-,48-,49+,50+,51+,52?,53+,54-,55+,56+,57-,58+,59-,60-/m0/s1. The predicted molar refractivity (Wildman–Crippen MR) is 308 cm³/mol. The highest BCUT2D eigenvalue weighted by Gasteiger charge is 2.56. The van der Waals surface area contributed by atoms with Crippen LogP contribution in [0.15, 0.2) is 12.2 Å². The number of hydrogen-bond acceptors (Lipinski definition) is 23. The van der Waals surface area contributed by atoms with Gasteiger partial charge in [0.15, 0.2) is 25.2 Å². The summed E-state index contributed by atoms with van der Waals surface area (Å²) in [4.78, 5) is 25.9. The van der Waals surface area contributed by atoms with Crippen molar-refractivity contribution in [2.75, 3.05) is 33.0 Å². The number of aliphatic hydroxyl groups excluding tert-OH is 13. The van der Waals surface area contributed by atoms with Crippen LogP contribution in [0, 0.1) is 0 Å².